The summed E-state index contributed by atoms with van der Waals surface area (Å²) < 4.78 is 25.1. The highest BCUT2D eigenvalue weighted by Gasteiger charge is 2.28. The Balaban J connectivity index is 3.43. The van der Waals surface area contributed by atoms with Crippen LogP contribution in [0, 0.1) is 21.4 Å². The van der Waals surface area contributed by atoms with Crippen molar-refractivity contribution in [3.8, 4) is 6.07 Å². The van der Waals surface area contributed by atoms with Crippen LogP contribution in [0.15, 0.2) is 10.7 Å². The summed E-state index contributed by atoms with van der Waals surface area (Å²) in [5.41, 5.74) is -0.596. The van der Waals surface area contributed by atoms with Crippen molar-refractivity contribution in [1.29, 1.82) is 5.26 Å². The molecule has 0 atom stereocenters. The number of alkyl halides is 2. The molecule has 0 aliphatic rings. The van der Waals surface area contributed by atoms with Crippen LogP contribution in [0.4, 0.5) is 14.6 Å². The third-order valence-electron chi connectivity index (χ3n) is 1.76. The van der Waals surface area contributed by atoms with Gasteiger partial charge in [-0.2, -0.15) is 5.26 Å². The molecule has 16 heavy (non-hydrogen) atoms. The lowest BCUT2D eigenvalue weighted by Crippen LogP contribution is -2.02. The quantitative estimate of drug-likeness (QED) is 0.633. The minimum Gasteiger partial charge on any atom is -0.358 e. The van der Waals surface area contributed by atoms with E-state index in [4.69, 9.17) is 5.26 Å². The number of halogens is 3. The summed E-state index contributed by atoms with van der Waals surface area (Å²) in [6.07, 6.45) is -2.14. The van der Waals surface area contributed by atoms with E-state index in [0.717, 1.165) is 6.20 Å². The van der Waals surface area contributed by atoms with Crippen LogP contribution >= 0.6 is 15.9 Å². The third-order valence-corrected chi connectivity index (χ3v) is 2.70. The Morgan fingerprint density at radius 1 is 1.69 bits per heavy atom. The summed E-state index contributed by atoms with van der Waals surface area (Å²) in [7, 11) is 0. The Bertz CT molecular complexity index is 473. The van der Waals surface area contributed by atoms with E-state index in [2.05, 4.69) is 20.9 Å². The maximum Gasteiger partial charge on any atom is 0.373 e. The first-order valence-corrected chi connectivity index (χ1v) is 4.75. The fourth-order valence-corrected chi connectivity index (χ4v) is 1.68. The van der Waals surface area contributed by atoms with E-state index in [0.29, 0.717) is 0 Å². The molecule has 0 aliphatic heterocycles. The van der Waals surface area contributed by atoms with Crippen molar-refractivity contribution in [2.24, 2.45) is 0 Å². The molecule has 1 aromatic rings. The van der Waals surface area contributed by atoms with E-state index in [1.165, 1.54) is 0 Å². The minimum absolute atomic E-state index is 0.134. The second-order valence-corrected chi connectivity index (χ2v) is 3.52. The lowest BCUT2D eigenvalue weighted by atomic mass is 10.1. The SMILES string of the molecule is N#CCc1cnc([N+](=O)[O-])c(C(F)F)c1Br. The fraction of sp³-hybridized carbons (Fsp3) is 0.250. The van der Waals surface area contributed by atoms with Gasteiger partial charge in [0.15, 0.2) is 0 Å². The van der Waals surface area contributed by atoms with Crippen LogP contribution in [0.2, 0.25) is 0 Å². The summed E-state index contributed by atoms with van der Waals surface area (Å²) in [6, 6.07) is 1.75. The highest BCUT2D eigenvalue weighted by Crippen LogP contribution is 2.35. The number of nitriles is 1. The van der Waals surface area contributed by atoms with Crippen LogP contribution < -0.4 is 0 Å². The molecule has 0 spiro atoms. The Hall–Kier alpha value is -1.62. The number of aromatic nitrogens is 1. The monoisotopic (exact) mass is 291 g/mol. The summed E-state index contributed by atoms with van der Waals surface area (Å²) in [5, 5.41) is 18.9. The van der Waals surface area contributed by atoms with E-state index in [1.807, 2.05) is 0 Å². The zero-order valence-electron chi connectivity index (χ0n) is 7.65. The van der Waals surface area contributed by atoms with Crippen LogP contribution in [-0.4, -0.2) is 9.91 Å². The number of rotatable bonds is 3. The Morgan fingerprint density at radius 2 is 2.31 bits per heavy atom. The van der Waals surface area contributed by atoms with Gasteiger partial charge in [0.2, 0.25) is 0 Å². The van der Waals surface area contributed by atoms with E-state index in [1.54, 1.807) is 6.07 Å². The molecule has 84 valence electrons. The van der Waals surface area contributed by atoms with Gasteiger partial charge in [-0.05, 0) is 25.8 Å². The number of nitrogens with zero attached hydrogens (tertiary/aromatic N) is 3. The van der Waals surface area contributed by atoms with Crippen LogP contribution in [0.5, 0.6) is 0 Å². The van der Waals surface area contributed by atoms with Crippen LogP contribution in [0.25, 0.3) is 0 Å². The molecule has 0 fully saturated rings. The molecule has 1 rings (SSSR count). The molecule has 0 saturated heterocycles. The van der Waals surface area contributed by atoms with Crippen molar-refractivity contribution in [2.45, 2.75) is 12.8 Å². The molecular weight excluding hydrogens is 288 g/mol. The lowest BCUT2D eigenvalue weighted by molar-refractivity contribution is -0.391. The molecule has 1 aromatic heterocycles. The molecule has 0 N–H and O–H groups in total. The summed E-state index contributed by atoms with van der Waals surface area (Å²) in [6.45, 7) is 0. The van der Waals surface area contributed by atoms with Gasteiger partial charge in [0.25, 0.3) is 6.43 Å². The summed E-state index contributed by atoms with van der Waals surface area (Å²) >= 11 is 2.83. The first kappa shape index (κ1) is 12.4. The van der Waals surface area contributed by atoms with Crippen LogP contribution in [0.3, 0.4) is 0 Å². The number of nitro groups is 1. The second-order valence-electron chi connectivity index (χ2n) is 2.73. The smallest absolute Gasteiger partial charge is 0.358 e. The summed E-state index contributed by atoms with van der Waals surface area (Å²) in [4.78, 5) is 12.8. The highest BCUT2D eigenvalue weighted by atomic mass is 79.9. The molecule has 0 bridgehead atoms. The van der Waals surface area contributed by atoms with Gasteiger partial charge in [0.1, 0.15) is 11.8 Å². The number of hydrogen-bond donors (Lipinski definition) is 0. The van der Waals surface area contributed by atoms with Crippen molar-refractivity contribution in [2.75, 3.05) is 0 Å². The van der Waals surface area contributed by atoms with Crippen molar-refractivity contribution in [3.63, 3.8) is 0 Å². The van der Waals surface area contributed by atoms with Gasteiger partial charge in [-0.25, -0.2) is 8.78 Å². The van der Waals surface area contributed by atoms with Crippen LogP contribution in [0.1, 0.15) is 17.6 Å². The van der Waals surface area contributed by atoms with Gasteiger partial charge in [-0.15, -0.1) is 0 Å². The topological polar surface area (TPSA) is 79.8 Å². The maximum absolute atomic E-state index is 12.6. The van der Waals surface area contributed by atoms with Gasteiger partial charge in [0.05, 0.1) is 12.5 Å². The predicted molar refractivity (Wildman–Crippen MR) is 52.9 cm³/mol. The Morgan fingerprint density at radius 3 is 2.75 bits per heavy atom. The average molecular weight is 292 g/mol. The molecule has 0 radical (unpaired) electrons. The van der Waals surface area contributed by atoms with E-state index in [9.17, 15) is 18.9 Å². The van der Waals surface area contributed by atoms with Gasteiger partial charge >= 0.3 is 5.82 Å². The van der Waals surface area contributed by atoms with Crippen molar-refractivity contribution < 1.29 is 13.7 Å². The second kappa shape index (κ2) is 4.94. The standard InChI is InChI=1S/C8H4BrF2N3O2/c9-6-4(1-2-12)3-13-8(14(15)16)5(6)7(10)11/h3,7H,1H2. The first-order valence-electron chi connectivity index (χ1n) is 3.95. The maximum atomic E-state index is 12.6. The molecule has 0 aliphatic carbocycles. The van der Waals surface area contributed by atoms with Crippen molar-refractivity contribution >= 4 is 21.7 Å². The molecule has 1 heterocycles. The zero-order valence-corrected chi connectivity index (χ0v) is 9.24. The van der Waals surface area contributed by atoms with Gasteiger partial charge in [-0.1, -0.05) is 0 Å². The number of hydrogen-bond acceptors (Lipinski definition) is 4. The van der Waals surface area contributed by atoms with Crippen molar-refractivity contribution in [3.05, 3.63) is 31.9 Å². The van der Waals surface area contributed by atoms with E-state index in [-0.39, 0.29) is 16.5 Å². The molecule has 0 unspecified atom stereocenters. The minimum atomic E-state index is -3.03. The number of pyridine rings is 1. The largest absolute Gasteiger partial charge is 0.373 e. The molecule has 0 aromatic carbocycles. The van der Waals surface area contributed by atoms with Gasteiger partial charge in [0, 0.05) is 10.0 Å². The molecule has 5 nitrogen and oxygen atoms in total. The van der Waals surface area contributed by atoms with Crippen molar-refractivity contribution in [1.82, 2.24) is 4.98 Å². The normalized spacial score (nSPS) is 10.2. The van der Waals surface area contributed by atoms with Crippen LogP contribution in [-0.2, 0) is 6.42 Å². The highest BCUT2D eigenvalue weighted by molar-refractivity contribution is 9.10. The first-order chi connectivity index (χ1) is 7.49. The van der Waals surface area contributed by atoms with Gasteiger partial charge in [-0.3, -0.25) is 0 Å². The van der Waals surface area contributed by atoms with Gasteiger partial charge < -0.3 is 10.1 Å². The zero-order chi connectivity index (χ0) is 12.3. The molecule has 0 saturated carbocycles. The fourth-order valence-electron chi connectivity index (χ4n) is 1.08. The third kappa shape index (κ3) is 2.30. The summed E-state index contributed by atoms with van der Waals surface area (Å²) in [5.74, 6) is -0.899. The molecule has 8 heteroatoms. The lowest BCUT2D eigenvalue weighted by Gasteiger charge is -2.06. The predicted octanol–water partition coefficient (Wildman–Crippen LogP) is 2.76. The Labute approximate surface area is 97.0 Å². The molecular formula is C8H4BrF2N3O2. The molecule has 0 amide bonds. The average Bonchev–Trinajstić information content (AvgIpc) is 2.20. The van der Waals surface area contributed by atoms with E-state index >= 15 is 0 Å². The van der Waals surface area contributed by atoms with E-state index < -0.39 is 22.7 Å². The Kier molecular flexibility index (Phi) is 3.84.